The van der Waals surface area contributed by atoms with E-state index in [1.165, 1.54) is 53.2 Å². The summed E-state index contributed by atoms with van der Waals surface area (Å²) in [5.74, 6) is -0.393. The quantitative estimate of drug-likeness (QED) is 0.0216. The lowest BCUT2D eigenvalue weighted by Gasteiger charge is -2.32. The average Bonchev–Trinajstić information content (AvgIpc) is 0.991. The number of aromatic nitrogens is 10. The van der Waals surface area contributed by atoms with Crippen LogP contribution in [0.5, 0.6) is 0 Å². The Morgan fingerprint density at radius 3 is 1.68 bits per heavy atom. The van der Waals surface area contributed by atoms with Gasteiger partial charge >= 0.3 is 0 Å². The molecule has 3 aliphatic rings. The van der Waals surface area contributed by atoms with Gasteiger partial charge in [0.1, 0.15) is 46.3 Å². The summed E-state index contributed by atoms with van der Waals surface area (Å²) < 4.78 is 49.8. The van der Waals surface area contributed by atoms with Gasteiger partial charge in [-0.05, 0) is 250 Å². The molecule has 6 heterocycles. The van der Waals surface area contributed by atoms with Crippen molar-refractivity contribution in [1.29, 1.82) is 5.26 Å². The van der Waals surface area contributed by atoms with Crippen molar-refractivity contribution in [2.75, 3.05) is 22.9 Å². The summed E-state index contributed by atoms with van der Waals surface area (Å²) in [7, 11) is 0. The number of ketones is 1. The first-order valence-corrected chi connectivity index (χ1v) is 38.8. The maximum absolute atomic E-state index is 15.1. The van der Waals surface area contributed by atoms with Crippen LogP contribution in [-0.2, 0) is 30.6 Å². The molecule has 3 saturated carbocycles. The molecule has 0 saturated heterocycles. The third-order valence-electron chi connectivity index (χ3n) is 21.5. The number of carbonyl (C=O) groups is 3. The summed E-state index contributed by atoms with van der Waals surface area (Å²) in [6.45, 7) is 8.98. The summed E-state index contributed by atoms with van der Waals surface area (Å²) >= 11 is 0. The van der Waals surface area contributed by atoms with Gasteiger partial charge in [0, 0.05) is 36.8 Å². The lowest BCUT2D eigenvalue weighted by atomic mass is 9.79. The van der Waals surface area contributed by atoms with Crippen LogP contribution in [0.15, 0.2) is 206 Å². The second-order valence-corrected chi connectivity index (χ2v) is 30.4. The molecule has 13 aromatic rings. The molecular formula is C90H92F3N19O3. The zero-order chi connectivity index (χ0) is 80.7. The molecule has 0 radical (unpaired) electrons. The van der Waals surface area contributed by atoms with E-state index in [9.17, 15) is 24.0 Å². The average molecular weight is 1540 g/mol. The highest BCUT2D eigenvalue weighted by Gasteiger charge is 2.37. The predicted octanol–water partition coefficient (Wildman–Crippen LogP) is 15.1. The predicted molar refractivity (Wildman–Crippen MR) is 439 cm³/mol. The van der Waals surface area contributed by atoms with Crippen molar-refractivity contribution in [2.45, 2.75) is 129 Å². The molecule has 3 aliphatic carbocycles. The normalized spacial score (nSPS) is 14.5. The van der Waals surface area contributed by atoms with E-state index in [-0.39, 0.29) is 46.7 Å². The molecule has 0 bridgehead atoms. The minimum Gasteiger partial charge on any atom is -0.382 e. The monoisotopic (exact) mass is 1540 g/mol. The number of nitrogen functional groups attached to an aromatic ring is 1. The minimum atomic E-state index is -1.07. The van der Waals surface area contributed by atoms with Gasteiger partial charge in [-0.25, -0.2) is 32.2 Å². The van der Waals surface area contributed by atoms with Crippen LogP contribution in [-0.4, -0.2) is 73.6 Å². The fourth-order valence-corrected chi connectivity index (χ4v) is 14.5. The van der Waals surface area contributed by atoms with Crippen molar-refractivity contribution in [3.63, 3.8) is 0 Å². The van der Waals surface area contributed by atoms with Gasteiger partial charge in [0.15, 0.2) is 11.6 Å². The minimum absolute atomic E-state index is 0.00343. The fraction of sp³-hybridized carbons (Fsp3) is 0.267. The molecule has 3 fully saturated rings. The topological polar surface area (TPSA) is 349 Å². The van der Waals surface area contributed by atoms with Crippen molar-refractivity contribution < 1.29 is 27.6 Å². The van der Waals surface area contributed by atoms with Crippen LogP contribution in [0.4, 0.5) is 30.4 Å². The van der Waals surface area contributed by atoms with E-state index in [1.54, 1.807) is 97.5 Å². The van der Waals surface area contributed by atoms with Crippen LogP contribution in [0.1, 0.15) is 180 Å². The summed E-state index contributed by atoms with van der Waals surface area (Å²) in [4.78, 5) is 49.2. The summed E-state index contributed by atoms with van der Waals surface area (Å²) in [5.41, 5.74) is 43.8. The number of benzene rings is 7. The standard InChI is InChI=1S/C31H34FN5O.C30H30FN7O.C29H28FN7O/c1-20-14-26(11-13-35-20)31(34,12-10-22-6-7-22)25-8-9-28(32)24(17-25)18-30(38)29-15-21(2)36-37(29)27-5-3-4-23(16-27)19-33;1-19-14-27(38(37-19)24-6-2-4-21(15-24)17-32)29(39)36-26-16-22(10-11-25(26)31)30(34,13-12-20-8-9-20)28-7-3-5-23(18-33)35-28;1-17-13-26(37(36-17)21-10-12-24-22(15-21)28(31)35-34-24)29(38)33-25-14-20(9-11-23(25)30)27(32-16-18-7-8-18)19-5-3-2-4-6-19/h3-5,8-9,11,13-17,22H,6-7,10,12,18-19,33-34H2,1-2H3;2-7,10-11,14-16,20H,8-9,12-13,17,32,34H2,1H3,(H,36,39);2-6,9-15,18,27,32H,7-8,16H2,1H3,(H,33,38)(H3,31,34,35). The molecule has 3 unspecified atom stereocenters. The molecule has 3 atom stereocenters. The number of halogens is 3. The molecule has 25 heteroatoms. The van der Waals surface area contributed by atoms with Gasteiger partial charge in [-0.15, -0.1) is 0 Å². The van der Waals surface area contributed by atoms with E-state index < -0.39 is 40.3 Å². The highest BCUT2D eigenvalue weighted by molar-refractivity contribution is 6.05. The zero-order valence-corrected chi connectivity index (χ0v) is 64.6. The van der Waals surface area contributed by atoms with Crippen LogP contribution in [0.2, 0.25) is 0 Å². The van der Waals surface area contributed by atoms with Crippen molar-refractivity contribution in [1.82, 2.24) is 54.8 Å². The number of hydrogen-bond donors (Lipinski definition) is 9. The van der Waals surface area contributed by atoms with Gasteiger partial charge < -0.3 is 44.6 Å². The van der Waals surface area contributed by atoms with Crippen LogP contribution in [0.3, 0.4) is 0 Å². The molecule has 22 nitrogen and oxygen atoms in total. The molecule has 14 N–H and O–H groups in total. The third kappa shape index (κ3) is 18.6. The van der Waals surface area contributed by atoms with E-state index in [4.69, 9.17) is 28.7 Å². The van der Waals surface area contributed by atoms with E-state index in [2.05, 4.69) is 69.6 Å². The van der Waals surface area contributed by atoms with Gasteiger partial charge in [0.2, 0.25) is 0 Å². The van der Waals surface area contributed by atoms with Gasteiger partial charge in [0.05, 0.1) is 73.8 Å². The van der Waals surface area contributed by atoms with E-state index in [0.717, 1.165) is 94.3 Å². The number of nitrogens with two attached hydrogens (primary N) is 5. The number of carbonyl (C=O) groups excluding carboxylic acids is 3. The summed E-state index contributed by atoms with van der Waals surface area (Å²) in [5, 5.41) is 39.6. The summed E-state index contributed by atoms with van der Waals surface area (Å²) in [6.07, 6.45) is 12.1. The Morgan fingerprint density at radius 1 is 0.548 bits per heavy atom. The molecule has 0 spiro atoms. The van der Waals surface area contributed by atoms with E-state index in [0.29, 0.717) is 94.1 Å². The van der Waals surface area contributed by atoms with E-state index >= 15 is 8.78 Å². The van der Waals surface area contributed by atoms with E-state index in [1.807, 2.05) is 111 Å². The number of Topliss-reactive ketones (excluding diaryl/α,β-unsaturated/α-hetero) is 1. The molecule has 16 rings (SSSR count). The molecular weight excluding hydrogens is 1450 g/mol. The number of aryl methyl sites for hydroxylation is 4. The maximum atomic E-state index is 15.1. The second kappa shape index (κ2) is 34.4. The largest absolute Gasteiger partial charge is 0.382 e. The van der Waals surface area contributed by atoms with Crippen LogP contribution in [0, 0.1) is 74.2 Å². The Balaban J connectivity index is 0.000000142. The highest BCUT2D eigenvalue weighted by atomic mass is 19.1. The van der Waals surface area contributed by atoms with Crippen molar-refractivity contribution in [3.05, 3.63) is 320 Å². The number of H-pyrrole nitrogens is 1. The van der Waals surface area contributed by atoms with Gasteiger partial charge in [-0.2, -0.15) is 25.7 Å². The Hall–Kier alpha value is -12.6. The number of rotatable bonds is 27. The lowest BCUT2D eigenvalue weighted by Crippen LogP contribution is -2.39. The molecule has 6 aromatic heterocycles. The Bertz CT molecular complexity index is 5780. The number of aromatic amines is 1. The first kappa shape index (κ1) is 79.1. The second-order valence-electron chi connectivity index (χ2n) is 30.4. The Morgan fingerprint density at radius 2 is 1.09 bits per heavy atom. The van der Waals surface area contributed by atoms with Crippen LogP contribution < -0.4 is 44.6 Å². The number of amides is 2. The number of nitrogens with zero attached hydrogens (tertiary/aromatic N) is 10. The van der Waals surface area contributed by atoms with Crippen molar-refractivity contribution in [3.8, 4) is 23.1 Å². The smallest absolute Gasteiger partial charge is 0.274 e. The SMILES string of the molecule is Cc1cc(C(=O)Nc2cc(C(N)(CCC3CC3)c3cccc(C#N)n3)ccc2F)n(-c2cccc(CN)c2)n1.Cc1cc(C(=O)Nc2cc(C(NCC3CC3)c3ccccc3)ccc2F)n(-c2ccc3[nH]nc(N)c3c2)n1.Cc1cc(C(N)(CCC2CC2)c2ccc(F)c(CC(=O)c3cc(C)nn3-c3cccc(CN)c3)c2)ccn1. The van der Waals surface area contributed by atoms with Crippen molar-refractivity contribution >= 4 is 45.7 Å². The number of nitriles is 1. The van der Waals surface area contributed by atoms with Crippen LogP contribution >= 0.6 is 0 Å². The number of anilines is 3. The summed E-state index contributed by atoms with van der Waals surface area (Å²) in [6, 6.07) is 60.9. The lowest BCUT2D eigenvalue weighted by molar-refractivity contribution is 0.0981. The Labute approximate surface area is 664 Å². The number of fused-ring (bicyclic) bond motifs is 1. The maximum Gasteiger partial charge on any atom is 0.274 e. The first-order valence-electron chi connectivity index (χ1n) is 38.8. The molecule has 2 amide bonds. The number of nitrogens with one attached hydrogen (secondary N) is 4. The van der Waals surface area contributed by atoms with Gasteiger partial charge in [0.25, 0.3) is 11.8 Å². The van der Waals surface area contributed by atoms with Gasteiger partial charge in [-0.3, -0.25) is 24.5 Å². The number of pyridine rings is 2. The molecule has 0 aliphatic heterocycles. The molecule has 7 aromatic carbocycles. The van der Waals surface area contributed by atoms with Gasteiger partial charge in [-0.1, -0.05) is 111 Å². The van der Waals surface area contributed by atoms with Crippen molar-refractivity contribution in [2.24, 2.45) is 40.7 Å². The number of hydrogen-bond acceptors (Lipinski definition) is 16. The highest BCUT2D eigenvalue weighted by Crippen LogP contribution is 2.43. The first-order chi connectivity index (χ1) is 55.5. The molecule has 115 heavy (non-hydrogen) atoms. The third-order valence-corrected chi connectivity index (χ3v) is 21.5. The fourth-order valence-electron chi connectivity index (χ4n) is 14.5. The Kier molecular flexibility index (Phi) is 23.7. The zero-order valence-electron chi connectivity index (χ0n) is 64.6. The van der Waals surface area contributed by atoms with Crippen LogP contribution in [0.25, 0.3) is 28.0 Å². The molecule has 586 valence electrons.